The van der Waals surface area contributed by atoms with E-state index in [4.69, 9.17) is 10.5 Å². The normalized spacial score (nSPS) is 11.9. The minimum absolute atomic E-state index is 0.210. The Hall–Kier alpha value is -1.55. The summed E-state index contributed by atoms with van der Waals surface area (Å²) >= 11 is 0. The van der Waals surface area contributed by atoms with Gasteiger partial charge in [-0.25, -0.2) is 0 Å². The molecule has 1 unspecified atom stereocenters. The monoisotopic (exact) mass is 194 g/mol. The van der Waals surface area contributed by atoms with Crippen LogP contribution >= 0.6 is 0 Å². The zero-order valence-corrected chi connectivity index (χ0v) is 8.28. The maximum absolute atomic E-state index is 11.2. The maximum atomic E-state index is 11.2. The molecule has 0 heterocycles. The van der Waals surface area contributed by atoms with Gasteiger partial charge in [-0.2, -0.15) is 0 Å². The second-order valence-electron chi connectivity index (χ2n) is 3.01. The van der Waals surface area contributed by atoms with Gasteiger partial charge in [-0.3, -0.25) is 4.79 Å². The van der Waals surface area contributed by atoms with E-state index in [9.17, 15) is 4.79 Å². The second-order valence-corrected chi connectivity index (χ2v) is 3.01. The number of ether oxygens (including phenoxy) is 1. The van der Waals surface area contributed by atoms with Crippen LogP contribution in [0.1, 0.15) is 6.92 Å². The lowest BCUT2D eigenvalue weighted by Crippen LogP contribution is -2.32. The molecule has 1 rings (SSSR count). The summed E-state index contributed by atoms with van der Waals surface area (Å²) in [5, 5.41) is 2.67. The fourth-order valence-corrected chi connectivity index (χ4v) is 0.957. The molecular weight excluding hydrogens is 180 g/mol. The molecule has 3 N–H and O–H groups in total. The van der Waals surface area contributed by atoms with Crippen LogP contribution in [0.3, 0.4) is 0 Å². The van der Waals surface area contributed by atoms with Crippen molar-refractivity contribution < 1.29 is 9.53 Å². The van der Waals surface area contributed by atoms with Crippen LogP contribution in [-0.2, 0) is 4.79 Å². The van der Waals surface area contributed by atoms with Crippen LogP contribution in [0.4, 0.5) is 5.69 Å². The highest BCUT2D eigenvalue weighted by molar-refractivity contribution is 5.94. The lowest BCUT2D eigenvalue weighted by atomic mass is 10.2. The minimum atomic E-state index is -0.513. The Labute approximate surface area is 83.1 Å². The molecule has 4 heteroatoms. The number of nitrogens with one attached hydrogen (secondary N) is 1. The van der Waals surface area contributed by atoms with Crippen molar-refractivity contribution >= 4 is 11.6 Å². The molecule has 0 saturated heterocycles. The molecule has 76 valence electrons. The summed E-state index contributed by atoms with van der Waals surface area (Å²) in [6.07, 6.45) is 0. The van der Waals surface area contributed by atoms with Gasteiger partial charge in [-0.1, -0.05) is 6.07 Å². The van der Waals surface area contributed by atoms with Crippen molar-refractivity contribution in [3.05, 3.63) is 24.3 Å². The van der Waals surface area contributed by atoms with Crippen molar-refractivity contribution in [1.29, 1.82) is 0 Å². The van der Waals surface area contributed by atoms with Crippen LogP contribution < -0.4 is 15.8 Å². The van der Waals surface area contributed by atoms with Gasteiger partial charge in [0.1, 0.15) is 5.75 Å². The van der Waals surface area contributed by atoms with Gasteiger partial charge in [0.05, 0.1) is 13.2 Å². The topological polar surface area (TPSA) is 64.3 Å². The van der Waals surface area contributed by atoms with E-state index in [2.05, 4.69) is 5.32 Å². The van der Waals surface area contributed by atoms with Gasteiger partial charge >= 0.3 is 0 Å². The third-order valence-electron chi connectivity index (χ3n) is 1.75. The summed E-state index contributed by atoms with van der Waals surface area (Å²) in [5.41, 5.74) is 6.10. The van der Waals surface area contributed by atoms with Crippen molar-refractivity contribution in [3.8, 4) is 5.75 Å². The van der Waals surface area contributed by atoms with E-state index in [0.29, 0.717) is 11.4 Å². The SMILES string of the molecule is COc1cccc(NC(=O)C(C)N)c1. The van der Waals surface area contributed by atoms with Crippen LogP contribution in [0.5, 0.6) is 5.75 Å². The average molecular weight is 194 g/mol. The summed E-state index contributed by atoms with van der Waals surface area (Å²) in [6, 6.07) is 6.61. The quantitative estimate of drug-likeness (QED) is 0.753. The first kappa shape index (κ1) is 10.5. The molecule has 0 fully saturated rings. The highest BCUT2D eigenvalue weighted by atomic mass is 16.5. The Morgan fingerprint density at radius 3 is 2.86 bits per heavy atom. The number of hydrogen-bond acceptors (Lipinski definition) is 3. The summed E-state index contributed by atoms with van der Waals surface area (Å²) in [4.78, 5) is 11.2. The molecule has 0 spiro atoms. The van der Waals surface area contributed by atoms with Gasteiger partial charge in [0.15, 0.2) is 0 Å². The number of anilines is 1. The van der Waals surface area contributed by atoms with Gasteiger partial charge in [0.25, 0.3) is 0 Å². The van der Waals surface area contributed by atoms with E-state index in [1.165, 1.54) is 0 Å². The highest BCUT2D eigenvalue weighted by Crippen LogP contribution is 2.16. The third-order valence-corrected chi connectivity index (χ3v) is 1.75. The van der Waals surface area contributed by atoms with Crippen molar-refractivity contribution in [2.24, 2.45) is 5.73 Å². The van der Waals surface area contributed by atoms with E-state index in [0.717, 1.165) is 0 Å². The zero-order chi connectivity index (χ0) is 10.6. The smallest absolute Gasteiger partial charge is 0.241 e. The molecule has 0 saturated carbocycles. The number of carbonyl (C=O) groups is 1. The van der Waals surface area contributed by atoms with Gasteiger partial charge in [-0.05, 0) is 19.1 Å². The van der Waals surface area contributed by atoms with Gasteiger partial charge in [0.2, 0.25) is 5.91 Å². The minimum Gasteiger partial charge on any atom is -0.497 e. The molecular formula is C10H14N2O2. The van der Waals surface area contributed by atoms with Crippen LogP contribution in [0.15, 0.2) is 24.3 Å². The Balaban J connectivity index is 2.72. The molecule has 1 atom stereocenters. The molecule has 1 amide bonds. The molecule has 0 aliphatic carbocycles. The molecule has 0 radical (unpaired) electrons. The predicted octanol–water partition coefficient (Wildman–Crippen LogP) is 0.981. The van der Waals surface area contributed by atoms with E-state index in [1.807, 2.05) is 6.07 Å². The van der Waals surface area contributed by atoms with Gasteiger partial charge < -0.3 is 15.8 Å². The van der Waals surface area contributed by atoms with Crippen molar-refractivity contribution in [1.82, 2.24) is 0 Å². The number of rotatable bonds is 3. The van der Waals surface area contributed by atoms with Crippen LogP contribution in [0.2, 0.25) is 0 Å². The number of nitrogens with two attached hydrogens (primary N) is 1. The Morgan fingerprint density at radius 1 is 1.57 bits per heavy atom. The summed E-state index contributed by atoms with van der Waals surface area (Å²) in [5.74, 6) is 0.491. The average Bonchev–Trinajstić information content (AvgIpc) is 2.18. The number of benzene rings is 1. The number of methoxy groups -OCH3 is 1. The first-order chi connectivity index (χ1) is 6.63. The first-order valence-corrected chi connectivity index (χ1v) is 4.34. The molecule has 0 aliphatic heterocycles. The Bertz CT molecular complexity index is 324. The van der Waals surface area contributed by atoms with Gasteiger partial charge in [-0.15, -0.1) is 0 Å². The summed E-state index contributed by atoms with van der Waals surface area (Å²) in [6.45, 7) is 1.63. The summed E-state index contributed by atoms with van der Waals surface area (Å²) in [7, 11) is 1.58. The molecule has 4 nitrogen and oxygen atoms in total. The number of amides is 1. The standard InChI is InChI=1S/C10H14N2O2/c1-7(11)10(13)12-8-4-3-5-9(6-8)14-2/h3-7H,11H2,1-2H3,(H,12,13). The molecule has 14 heavy (non-hydrogen) atoms. The molecule has 0 aliphatic rings. The lowest BCUT2D eigenvalue weighted by Gasteiger charge is -2.08. The Morgan fingerprint density at radius 2 is 2.29 bits per heavy atom. The summed E-state index contributed by atoms with van der Waals surface area (Å²) < 4.78 is 5.01. The van der Waals surface area contributed by atoms with Crippen molar-refractivity contribution in [2.45, 2.75) is 13.0 Å². The molecule has 0 bridgehead atoms. The van der Waals surface area contributed by atoms with Crippen LogP contribution in [0.25, 0.3) is 0 Å². The fourth-order valence-electron chi connectivity index (χ4n) is 0.957. The molecule has 0 aromatic heterocycles. The van der Waals surface area contributed by atoms with E-state index >= 15 is 0 Å². The van der Waals surface area contributed by atoms with E-state index in [1.54, 1.807) is 32.2 Å². The highest BCUT2D eigenvalue weighted by Gasteiger charge is 2.07. The fraction of sp³-hybridized carbons (Fsp3) is 0.300. The zero-order valence-electron chi connectivity index (χ0n) is 8.28. The van der Waals surface area contributed by atoms with Crippen LogP contribution in [-0.4, -0.2) is 19.1 Å². The second kappa shape index (κ2) is 4.62. The lowest BCUT2D eigenvalue weighted by molar-refractivity contribution is -0.117. The third kappa shape index (κ3) is 2.74. The van der Waals surface area contributed by atoms with E-state index < -0.39 is 6.04 Å². The number of hydrogen-bond donors (Lipinski definition) is 2. The molecule has 1 aromatic carbocycles. The van der Waals surface area contributed by atoms with E-state index in [-0.39, 0.29) is 5.91 Å². The number of carbonyl (C=O) groups excluding carboxylic acids is 1. The maximum Gasteiger partial charge on any atom is 0.241 e. The van der Waals surface area contributed by atoms with Crippen LogP contribution in [0, 0.1) is 0 Å². The predicted molar refractivity (Wildman–Crippen MR) is 55.3 cm³/mol. The van der Waals surface area contributed by atoms with Crippen molar-refractivity contribution in [3.63, 3.8) is 0 Å². The largest absolute Gasteiger partial charge is 0.497 e. The first-order valence-electron chi connectivity index (χ1n) is 4.34. The van der Waals surface area contributed by atoms with Gasteiger partial charge in [0, 0.05) is 11.8 Å². The van der Waals surface area contributed by atoms with Crippen molar-refractivity contribution in [2.75, 3.05) is 12.4 Å². The molecule has 1 aromatic rings. The Kier molecular flexibility index (Phi) is 3.48.